The molecule has 1 unspecified atom stereocenters. The second kappa shape index (κ2) is 6.75. The number of fused-ring (bicyclic) bond motifs is 2. The van der Waals surface area contributed by atoms with E-state index in [0.29, 0.717) is 31.8 Å². The SMILES string of the molecule is CN1C2=CC=CC(c3c(Cl)cc(Cl)cc3Cl)C2=C(C(=O)O)c2ccccc21. The smallest absolute Gasteiger partial charge is 0.336 e. The third kappa shape index (κ3) is 2.87. The number of benzene rings is 2. The number of anilines is 1. The zero-order chi connectivity index (χ0) is 19.3. The van der Waals surface area contributed by atoms with Crippen molar-refractivity contribution in [1.29, 1.82) is 0 Å². The molecule has 3 nitrogen and oxygen atoms in total. The molecule has 27 heavy (non-hydrogen) atoms. The first-order valence-electron chi connectivity index (χ1n) is 8.24. The number of para-hydroxylation sites is 1. The molecular formula is C21H14Cl3NO2. The van der Waals surface area contributed by atoms with Gasteiger partial charge in [-0.2, -0.15) is 0 Å². The third-order valence-electron chi connectivity index (χ3n) is 4.88. The van der Waals surface area contributed by atoms with Crippen LogP contribution in [0.25, 0.3) is 5.57 Å². The van der Waals surface area contributed by atoms with Crippen molar-refractivity contribution in [3.8, 4) is 0 Å². The highest BCUT2D eigenvalue weighted by Crippen LogP contribution is 2.49. The predicted octanol–water partition coefficient (Wildman–Crippen LogP) is 6.17. The first-order valence-corrected chi connectivity index (χ1v) is 9.37. The van der Waals surface area contributed by atoms with Gasteiger partial charge < -0.3 is 10.0 Å². The fraction of sp³-hybridized carbons (Fsp3) is 0.0952. The molecule has 0 fully saturated rings. The molecule has 4 rings (SSSR count). The van der Waals surface area contributed by atoms with Crippen molar-refractivity contribution in [2.45, 2.75) is 5.92 Å². The van der Waals surface area contributed by atoms with Gasteiger partial charge in [0.2, 0.25) is 0 Å². The van der Waals surface area contributed by atoms with E-state index in [1.54, 1.807) is 12.1 Å². The first-order chi connectivity index (χ1) is 12.9. The number of carbonyl (C=O) groups is 1. The molecule has 0 radical (unpaired) electrons. The predicted molar refractivity (Wildman–Crippen MR) is 111 cm³/mol. The summed E-state index contributed by atoms with van der Waals surface area (Å²) in [7, 11) is 1.92. The highest BCUT2D eigenvalue weighted by atomic mass is 35.5. The number of aliphatic carboxylic acids is 1. The molecule has 1 atom stereocenters. The largest absolute Gasteiger partial charge is 0.478 e. The number of likely N-dealkylation sites (N-methyl/N-ethyl adjacent to an activating group) is 1. The van der Waals surface area contributed by atoms with Gasteiger partial charge in [0.15, 0.2) is 0 Å². The Balaban J connectivity index is 2.04. The van der Waals surface area contributed by atoms with Crippen LogP contribution in [0.1, 0.15) is 17.0 Å². The van der Waals surface area contributed by atoms with Gasteiger partial charge in [-0.15, -0.1) is 0 Å². The molecule has 0 aromatic heterocycles. The minimum Gasteiger partial charge on any atom is -0.478 e. The van der Waals surface area contributed by atoms with E-state index in [1.165, 1.54) is 0 Å². The standard InChI is InChI=1S/C21H14Cl3NO2/c1-25-16-7-3-2-5-12(16)20(21(26)27)19-13(6-4-8-17(19)25)18-14(23)9-11(22)10-15(18)24/h2-10,13H,1H3,(H,26,27). The lowest BCUT2D eigenvalue weighted by molar-refractivity contribution is -0.130. The molecule has 1 aliphatic carbocycles. The molecule has 1 heterocycles. The topological polar surface area (TPSA) is 40.5 Å². The molecule has 2 aromatic carbocycles. The molecule has 136 valence electrons. The maximum Gasteiger partial charge on any atom is 0.336 e. The van der Waals surface area contributed by atoms with Crippen molar-refractivity contribution < 1.29 is 9.90 Å². The fourth-order valence-electron chi connectivity index (χ4n) is 3.75. The van der Waals surface area contributed by atoms with E-state index in [1.807, 2.05) is 54.4 Å². The van der Waals surface area contributed by atoms with Gasteiger partial charge in [-0.1, -0.05) is 65.2 Å². The van der Waals surface area contributed by atoms with Crippen LogP contribution in [0.2, 0.25) is 15.1 Å². The van der Waals surface area contributed by atoms with E-state index in [2.05, 4.69) is 0 Å². The lowest BCUT2D eigenvalue weighted by Crippen LogP contribution is -2.29. The van der Waals surface area contributed by atoms with Crippen molar-refractivity contribution in [1.82, 2.24) is 0 Å². The summed E-state index contributed by atoms with van der Waals surface area (Å²) in [5.41, 5.74) is 3.88. The highest BCUT2D eigenvalue weighted by Gasteiger charge is 2.36. The minimum atomic E-state index is -0.988. The van der Waals surface area contributed by atoms with Crippen LogP contribution in [0.3, 0.4) is 0 Å². The van der Waals surface area contributed by atoms with Crippen LogP contribution in [0.4, 0.5) is 5.69 Å². The molecule has 0 saturated heterocycles. The Morgan fingerprint density at radius 1 is 1.11 bits per heavy atom. The number of hydrogen-bond acceptors (Lipinski definition) is 2. The van der Waals surface area contributed by atoms with Crippen molar-refractivity contribution in [3.05, 3.63) is 92.1 Å². The number of allylic oxidation sites excluding steroid dienone is 4. The Morgan fingerprint density at radius 2 is 1.78 bits per heavy atom. The van der Waals surface area contributed by atoms with Crippen molar-refractivity contribution in [2.24, 2.45) is 0 Å². The molecule has 0 saturated carbocycles. The normalized spacial score (nSPS) is 18.1. The van der Waals surface area contributed by atoms with Crippen molar-refractivity contribution in [3.63, 3.8) is 0 Å². The number of carboxylic acids is 1. The van der Waals surface area contributed by atoms with Crippen LogP contribution < -0.4 is 4.90 Å². The Kier molecular flexibility index (Phi) is 4.55. The summed E-state index contributed by atoms with van der Waals surface area (Å²) >= 11 is 19.0. The van der Waals surface area contributed by atoms with Gasteiger partial charge in [-0.3, -0.25) is 0 Å². The summed E-state index contributed by atoms with van der Waals surface area (Å²) in [4.78, 5) is 14.3. The molecule has 1 aliphatic heterocycles. The monoisotopic (exact) mass is 417 g/mol. The average molecular weight is 419 g/mol. The van der Waals surface area contributed by atoms with E-state index < -0.39 is 11.9 Å². The lowest BCUT2D eigenvalue weighted by Gasteiger charge is -2.37. The molecule has 0 amide bonds. The van der Waals surface area contributed by atoms with Gasteiger partial charge >= 0.3 is 5.97 Å². The van der Waals surface area contributed by atoms with Gasteiger partial charge in [0.25, 0.3) is 0 Å². The maximum absolute atomic E-state index is 12.3. The molecule has 0 bridgehead atoms. The Morgan fingerprint density at radius 3 is 2.44 bits per heavy atom. The molecular weight excluding hydrogens is 405 g/mol. The quantitative estimate of drug-likeness (QED) is 0.634. The zero-order valence-corrected chi connectivity index (χ0v) is 16.5. The number of carboxylic acid groups (broad SMARTS) is 1. The van der Waals surface area contributed by atoms with Crippen LogP contribution in [-0.4, -0.2) is 18.1 Å². The number of nitrogens with zero attached hydrogens (tertiary/aromatic N) is 1. The number of halogens is 3. The number of rotatable bonds is 2. The highest BCUT2D eigenvalue weighted by molar-refractivity contribution is 6.39. The van der Waals surface area contributed by atoms with E-state index >= 15 is 0 Å². The summed E-state index contributed by atoms with van der Waals surface area (Å²) in [6.07, 6.45) is 5.71. The second-order valence-electron chi connectivity index (χ2n) is 6.37. The van der Waals surface area contributed by atoms with Gasteiger partial charge in [0.05, 0.1) is 5.57 Å². The van der Waals surface area contributed by atoms with Gasteiger partial charge in [-0.05, 0) is 24.3 Å². The van der Waals surface area contributed by atoms with Crippen LogP contribution >= 0.6 is 34.8 Å². The van der Waals surface area contributed by atoms with Crippen LogP contribution in [0, 0.1) is 0 Å². The van der Waals surface area contributed by atoms with Crippen LogP contribution in [-0.2, 0) is 4.79 Å². The van der Waals surface area contributed by atoms with Crippen LogP contribution in [0.5, 0.6) is 0 Å². The van der Waals surface area contributed by atoms with E-state index in [4.69, 9.17) is 34.8 Å². The van der Waals surface area contributed by atoms with E-state index in [0.717, 1.165) is 11.4 Å². The van der Waals surface area contributed by atoms with Gasteiger partial charge in [0.1, 0.15) is 0 Å². The number of hydrogen-bond donors (Lipinski definition) is 1. The van der Waals surface area contributed by atoms with Gasteiger partial charge in [0, 0.05) is 56.1 Å². The summed E-state index contributed by atoms with van der Waals surface area (Å²) in [5, 5.41) is 11.3. The first kappa shape index (κ1) is 18.2. The summed E-state index contributed by atoms with van der Waals surface area (Å²) < 4.78 is 0. The second-order valence-corrected chi connectivity index (χ2v) is 7.62. The Labute approximate surface area is 171 Å². The zero-order valence-electron chi connectivity index (χ0n) is 14.2. The van der Waals surface area contributed by atoms with Gasteiger partial charge in [-0.25, -0.2) is 4.79 Å². The fourth-order valence-corrected chi connectivity index (χ4v) is 4.81. The molecule has 0 spiro atoms. The average Bonchev–Trinajstić information content (AvgIpc) is 2.61. The summed E-state index contributed by atoms with van der Waals surface area (Å²) in [6, 6.07) is 10.7. The summed E-state index contributed by atoms with van der Waals surface area (Å²) in [5.74, 6) is -1.39. The molecule has 6 heteroatoms. The Bertz CT molecular complexity index is 1050. The minimum absolute atomic E-state index is 0.256. The molecule has 2 aromatic rings. The summed E-state index contributed by atoms with van der Waals surface area (Å²) in [6.45, 7) is 0. The van der Waals surface area contributed by atoms with Crippen LogP contribution in [0.15, 0.2) is 65.9 Å². The van der Waals surface area contributed by atoms with Crippen molar-refractivity contribution >= 4 is 52.0 Å². The Hall–Kier alpha value is -2.20. The van der Waals surface area contributed by atoms with E-state index in [9.17, 15) is 9.90 Å². The van der Waals surface area contributed by atoms with Crippen molar-refractivity contribution in [2.75, 3.05) is 11.9 Å². The van der Waals surface area contributed by atoms with E-state index in [-0.39, 0.29) is 5.57 Å². The lowest BCUT2D eigenvalue weighted by atomic mass is 9.78. The molecule has 2 aliphatic rings. The maximum atomic E-state index is 12.3. The molecule has 1 N–H and O–H groups in total. The third-order valence-corrected chi connectivity index (χ3v) is 5.72.